The summed E-state index contributed by atoms with van der Waals surface area (Å²) in [5.74, 6) is 0. The molecule has 1 aliphatic rings. The molecule has 1 saturated heterocycles. The number of nitrogens with one attached hydrogen (secondary N) is 1. The number of rotatable bonds is 7. The summed E-state index contributed by atoms with van der Waals surface area (Å²) in [6.45, 7) is 3.25. The third kappa shape index (κ3) is 5.66. The molecule has 1 unspecified atom stereocenters. The molecular weight excluding hydrogens is 230 g/mol. The summed E-state index contributed by atoms with van der Waals surface area (Å²) in [7, 11) is 0. The van der Waals surface area contributed by atoms with E-state index in [0.29, 0.717) is 6.10 Å². The minimum Gasteiger partial charge on any atom is -0.378 e. The molecule has 3 heteroatoms. The molecule has 0 spiro atoms. The van der Waals surface area contributed by atoms with Crippen molar-refractivity contribution in [3.63, 3.8) is 0 Å². The lowest BCUT2D eigenvalue weighted by atomic mass is 10.2. The van der Waals surface area contributed by atoms with Gasteiger partial charge >= 0.3 is 0 Å². The Balaban J connectivity index is 1.78. The van der Waals surface area contributed by atoms with Crippen LogP contribution in [0.5, 0.6) is 0 Å². The van der Waals surface area contributed by atoms with Crippen LogP contribution in [0.1, 0.15) is 32.1 Å². The van der Waals surface area contributed by atoms with Crippen molar-refractivity contribution in [1.82, 2.24) is 5.32 Å². The van der Waals surface area contributed by atoms with Crippen LogP contribution in [-0.4, -0.2) is 31.1 Å². The van der Waals surface area contributed by atoms with E-state index in [1.165, 1.54) is 32.1 Å². The highest BCUT2D eigenvalue weighted by Gasteiger charge is 2.13. The molecule has 0 aromatic heterocycles. The molecule has 0 bridgehead atoms. The van der Waals surface area contributed by atoms with Gasteiger partial charge in [0.25, 0.3) is 0 Å². The number of unbranched alkanes of at least 4 members (excludes halogenated alkanes) is 1. The molecule has 1 N–H and O–H groups in total. The predicted octanol–water partition coefficient (Wildman–Crippen LogP) is 2.32. The van der Waals surface area contributed by atoms with Crippen molar-refractivity contribution in [3.05, 3.63) is 0 Å². The van der Waals surface area contributed by atoms with Crippen LogP contribution in [0.3, 0.4) is 0 Å². The van der Waals surface area contributed by atoms with Gasteiger partial charge in [0.05, 0.1) is 6.10 Å². The van der Waals surface area contributed by atoms with E-state index in [9.17, 15) is 0 Å². The molecule has 1 heterocycles. The molecule has 0 radical (unpaired) electrons. The fourth-order valence-electron chi connectivity index (χ4n) is 1.60. The first kappa shape index (κ1) is 11.5. The van der Waals surface area contributed by atoms with Gasteiger partial charge in [0.15, 0.2) is 0 Å². The average molecular weight is 250 g/mol. The molecule has 0 aliphatic carbocycles. The van der Waals surface area contributed by atoms with Gasteiger partial charge in [-0.05, 0) is 45.2 Å². The van der Waals surface area contributed by atoms with E-state index in [1.807, 2.05) is 0 Å². The highest BCUT2D eigenvalue weighted by atomic mass is 79.9. The first-order chi connectivity index (χ1) is 6.43. The second-order valence-electron chi connectivity index (χ2n) is 3.57. The standard InChI is InChI=1S/C10H20BrNO/c11-6-1-2-7-12-8-5-10-4-3-9-13-10/h10,12H,1-9H2. The van der Waals surface area contributed by atoms with Gasteiger partial charge in [-0.3, -0.25) is 0 Å². The van der Waals surface area contributed by atoms with Crippen molar-refractivity contribution in [2.24, 2.45) is 0 Å². The Kier molecular flexibility index (Phi) is 6.86. The summed E-state index contributed by atoms with van der Waals surface area (Å²) in [6.07, 6.45) is 6.80. The fourth-order valence-corrected chi connectivity index (χ4v) is 2.00. The van der Waals surface area contributed by atoms with Gasteiger partial charge in [-0.1, -0.05) is 15.9 Å². The van der Waals surface area contributed by atoms with E-state index in [1.54, 1.807) is 0 Å². The van der Waals surface area contributed by atoms with Crippen LogP contribution in [0.15, 0.2) is 0 Å². The second kappa shape index (κ2) is 7.77. The maximum Gasteiger partial charge on any atom is 0.0588 e. The smallest absolute Gasteiger partial charge is 0.0588 e. The van der Waals surface area contributed by atoms with E-state index < -0.39 is 0 Å². The Hall–Kier alpha value is 0.400. The molecule has 13 heavy (non-hydrogen) atoms. The van der Waals surface area contributed by atoms with Gasteiger partial charge in [-0.25, -0.2) is 0 Å². The summed E-state index contributed by atoms with van der Waals surface area (Å²) in [5.41, 5.74) is 0. The van der Waals surface area contributed by atoms with E-state index >= 15 is 0 Å². The highest BCUT2D eigenvalue weighted by molar-refractivity contribution is 9.09. The lowest BCUT2D eigenvalue weighted by Crippen LogP contribution is -2.21. The second-order valence-corrected chi connectivity index (χ2v) is 4.36. The normalized spacial score (nSPS) is 22.4. The number of hydrogen-bond donors (Lipinski definition) is 1. The summed E-state index contributed by atoms with van der Waals surface area (Å²) in [4.78, 5) is 0. The zero-order valence-electron chi connectivity index (χ0n) is 8.23. The van der Waals surface area contributed by atoms with Crippen molar-refractivity contribution in [3.8, 4) is 0 Å². The monoisotopic (exact) mass is 249 g/mol. The van der Waals surface area contributed by atoms with Gasteiger partial charge in [0, 0.05) is 11.9 Å². The van der Waals surface area contributed by atoms with Gasteiger partial charge in [0.2, 0.25) is 0 Å². The molecule has 1 aliphatic heterocycles. The quantitative estimate of drug-likeness (QED) is 0.553. The van der Waals surface area contributed by atoms with Gasteiger partial charge in [0.1, 0.15) is 0 Å². The summed E-state index contributed by atoms with van der Waals surface area (Å²) in [6, 6.07) is 0. The van der Waals surface area contributed by atoms with Crippen LogP contribution in [0, 0.1) is 0 Å². The number of hydrogen-bond acceptors (Lipinski definition) is 2. The molecule has 0 aromatic carbocycles. The minimum absolute atomic E-state index is 0.545. The Bertz CT molecular complexity index is 115. The Morgan fingerprint density at radius 3 is 2.92 bits per heavy atom. The average Bonchev–Trinajstić information content (AvgIpc) is 2.63. The largest absolute Gasteiger partial charge is 0.378 e. The molecule has 1 atom stereocenters. The lowest BCUT2D eigenvalue weighted by Gasteiger charge is -2.09. The molecule has 78 valence electrons. The van der Waals surface area contributed by atoms with E-state index in [-0.39, 0.29) is 0 Å². The minimum atomic E-state index is 0.545. The fraction of sp³-hybridized carbons (Fsp3) is 1.00. The Morgan fingerprint density at radius 2 is 2.23 bits per heavy atom. The summed E-state index contributed by atoms with van der Waals surface area (Å²) < 4.78 is 5.53. The Morgan fingerprint density at radius 1 is 1.31 bits per heavy atom. The first-order valence-corrected chi connectivity index (χ1v) is 6.44. The van der Waals surface area contributed by atoms with E-state index in [4.69, 9.17) is 4.74 Å². The maximum atomic E-state index is 5.53. The van der Waals surface area contributed by atoms with Crippen molar-refractivity contribution >= 4 is 15.9 Å². The first-order valence-electron chi connectivity index (χ1n) is 5.32. The van der Waals surface area contributed by atoms with Crippen LogP contribution >= 0.6 is 15.9 Å². The van der Waals surface area contributed by atoms with Crippen LogP contribution in [0.4, 0.5) is 0 Å². The van der Waals surface area contributed by atoms with Crippen LogP contribution in [0.25, 0.3) is 0 Å². The zero-order chi connectivity index (χ0) is 9.36. The number of ether oxygens (including phenoxy) is 1. The number of alkyl halides is 1. The van der Waals surface area contributed by atoms with Gasteiger partial charge in [-0.2, -0.15) is 0 Å². The van der Waals surface area contributed by atoms with Crippen molar-refractivity contribution in [2.75, 3.05) is 25.0 Å². The van der Waals surface area contributed by atoms with E-state index in [0.717, 1.165) is 25.0 Å². The molecule has 0 aromatic rings. The van der Waals surface area contributed by atoms with Gasteiger partial charge < -0.3 is 10.1 Å². The third-order valence-corrected chi connectivity index (χ3v) is 2.96. The molecule has 1 fully saturated rings. The molecule has 1 rings (SSSR count). The summed E-state index contributed by atoms with van der Waals surface area (Å²) in [5, 5.41) is 4.57. The van der Waals surface area contributed by atoms with Crippen molar-refractivity contribution in [2.45, 2.75) is 38.2 Å². The predicted molar refractivity (Wildman–Crippen MR) is 59.5 cm³/mol. The van der Waals surface area contributed by atoms with E-state index in [2.05, 4.69) is 21.2 Å². The van der Waals surface area contributed by atoms with Crippen molar-refractivity contribution < 1.29 is 4.74 Å². The molecular formula is C10H20BrNO. The maximum absolute atomic E-state index is 5.53. The van der Waals surface area contributed by atoms with Crippen molar-refractivity contribution in [1.29, 1.82) is 0 Å². The molecule has 0 saturated carbocycles. The van der Waals surface area contributed by atoms with Gasteiger partial charge in [-0.15, -0.1) is 0 Å². The highest BCUT2D eigenvalue weighted by Crippen LogP contribution is 2.14. The van der Waals surface area contributed by atoms with Crippen LogP contribution in [0.2, 0.25) is 0 Å². The third-order valence-electron chi connectivity index (χ3n) is 2.40. The van der Waals surface area contributed by atoms with Crippen LogP contribution in [-0.2, 0) is 4.74 Å². The Labute approximate surface area is 89.5 Å². The lowest BCUT2D eigenvalue weighted by molar-refractivity contribution is 0.104. The molecule has 2 nitrogen and oxygen atoms in total. The topological polar surface area (TPSA) is 21.3 Å². The summed E-state index contributed by atoms with van der Waals surface area (Å²) >= 11 is 3.42. The zero-order valence-corrected chi connectivity index (χ0v) is 9.81. The SMILES string of the molecule is BrCCCCNCCC1CCCO1. The molecule has 0 amide bonds. The number of halogens is 1. The van der Waals surface area contributed by atoms with Crippen LogP contribution < -0.4 is 5.32 Å².